The summed E-state index contributed by atoms with van der Waals surface area (Å²) in [7, 11) is 0. The van der Waals surface area contributed by atoms with Crippen LogP contribution in [0.15, 0.2) is 42.6 Å². The molecule has 0 unspecified atom stereocenters. The van der Waals surface area contributed by atoms with Crippen molar-refractivity contribution >= 4 is 17.2 Å². The van der Waals surface area contributed by atoms with Gasteiger partial charge in [-0.3, -0.25) is 0 Å². The number of nitrogens with zero attached hydrogens (tertiary/aromatic N) is 4. The molecule has 4 nitrogen and oxygen atoms in total. The molecule has 0 bridgehead atoms. The maximum absolute atomic E-state index is 13.9. The Balaban J connectivity index is 1.23. The Morgan fingerprint density at radius 2 is 1.71 bits per heavy atom. The molecule has 0 N–H and O–H groups in total. The fourth-order valence-electron chi connectivity index (χ4n) is 6.78. The fourth-order valence-corrected chi connectivity index (χ4v) is 6.78. The van der Waals surface area contributed by atoms with E-state index in [1.807, 2.05) is 12.3 Å². The van der Waals surface area contributed by atoms with E-state index in [9.17, 15) is 4.39 Å². The van der Waals surface area contributed by atoms with Gasteiger partial charge in [-0.25, -0.2) is 9.37 Å². The number of hydrogen-bond acceptors (Lipinski definition) is 4. The lowest BCUT2D eigenvalue weighted by Gasteiger charge is -2.42. The van der Waals surface area contributed by atoms with Crippen LogP contribution in [0.25, 0.3) is 0 Å². The lowest BCUT2D eigenvalue weighted by Crippen LogP contribution is -2.50. The largest absolute Gasteiger partial charge is 0.371 e. The van der Waals surface area contributed by atoms with Crippen molar-refractivity contribution in [3.05, 3.63) is 48.4 Å². The second-order valence-corrected chi connectivity index (χ2v) is 11.0. The van der Waals surface area contributed by atoms with Crippen molar-refractivity contribution < 1.29 is 4.39 Å². The van der Waals surface area contributed by atoms with E-state index in [4.69, 9.17) is 4.98 Å². The van der Waals surface area contributed by atoms with E-state index >= 15 is 0 Å². The zero-order valence-corrected chi connectivity index (χ0v) is 21.5. The van der Waals surface area contributed by atoms with Crippen LogP contribution in [0, 0.1) is 11.7 Å². The minimum atomic E-state index is -0.144. The summed E-state index contributed by atoms with van der Waals surface area (Å²) in [5.41, 5.74) is 2.37. The van der Waals surface area contributed by atoms with E-state index < -0.39 is 0 Å². The van der Waals surface area contributed by atoms with Crippen LogP contribution in [0.1, 0.15) is 77.6 Å². The van der Waals surface area contributed by atoms with E-state index in [0.717, 1.165) is 49.9 Å². The van der Waals surface area contributed by atoms with Gasteiger partial charge in [0.05, 0.1) is 12.1 Å². The quantitative estimate of drug-likeness (QED) is 0.360. The molecular weight excluding hydrogens is 435 g/mol. The molecule has 0 saturated carbocycles. The highest BCUT2D eigenvalue weighted by molar-refractivity contribution is 5.58. The standard InChI is InChI=1S/C30H43FN4/c1-2-3-4-5-6-10-24-11-8-18-33(23-24)26-15-17-32-30(22-26)35-20-16-29-28(35)14-9-19-34(29)27-13-7-12-25(31)21-27/h7,12-13,15,17,21-22,24,28-29H,2-6,8-11,14,16,18-20,23H2,1H3/t24-,28-,29-/m1/s1. The summed E-state index contributed by atoms with van der Waals surface area (Å²) >= 11 is 0. The summed E-state index contributed by atoms with van der Waals surface area (Å²) in [6, 6.07) is 12.6. The first-order valence-electron chi connectivity index (χ1n) is 14.2. The highest BCUT2D eigenvalue weighted by Crippen LogP contribution is 2.37. The lowest BCUT2D eigenvalue weighted by atomic mass is 9.92. The van der Waals surface area contributed by atoms with Crippen LogP contribution in [0.5, 0.6) is 0 Å². The van der Waals surface area contributed by atoms with Gasteiger partial charge in [0.15, 0.2) is 0 Å². The van der Waals surface area contributed by atoms with E-state index in [2.05, 4.69) is 39.8 Å². The first kappa shape index (κ1) is 24.4. The van der Waals surface area contributed by atoms with E-state index in [1.54, 1.807) is 12.1 Å². The van der Waals surface area contributed by atoms with Crippen molar-refractivity contribution in [2.75, 3.05) is 40.9 Å². The number of pyridine rings is 1. The number of rotatable bonds is 9. The van der Waals surface area contributed by atoms with Gasteiger partial charge in [0.25, 0.3) is 0 Å². The number of halogens is 1. The summed E-state index contributed by atoms with van der Waals surface area (Å²) in [4.78, 5) is 12.4. The van der Waals surface area contributed by atoms with Crippen LogP contribution in [0.4, 0.5) is 21.6 Å². The normalized spacial score (nSPS) is 24.6. The molecular formula is C30H43FN4. The summed E-state index contributed by atoms with van der Waals surface area (Å²) in [6.45, 7) is 6.68. The molecule has 190 valence electrons. The third-order valence-electron chi connectivity index (χ3n) is 8.57. The summed E-state index contributed by atoms with van der Waals surface area (Å²) in [6.07, 6.45) is 16.4. The van der Waals surface area contributed by atoms with E-state index in [-0.39, 0.29) is 5.82 Å². The Morgan fingerprint density at radius 3 is 2.60 bits per heavy atom. The summed E-state index contributed by atoms with van der Waals surface area (Å²) in [5, 5.41) is 0. The molecule has 3 saturated heterocycles. The van der Waals surface area contributed by atoms with Crippen LogP contribution in [0.2, 0.25) is 0 Å². The highest BCUT2D eigenvalue weighted by Gasteiger charge is 2.41. The number of anilines is 3. The van der Waals surface area contributed by atoms with Gasteiger partial charge in [0.1, 0.15) is 11.6 Å². The molecule has 0 aliphatic carbocycles. The molecule has 3 aliphatic heterocycles. The number of hydrogen-bond donors (Lipinski definition) is 0. The van der Waals surface area contributed by atoms with Gasteiger partial charge in [0.2, 0.25) is 0 Å². The topological polar surface area (TPSA) is 22.6 Å². The monoisotopic (exact) mass is 478 g/mol. The van der Waals surface area contributed by atoms with E-state index in [1.165, 1.54) is 70.0 Å². The Hall–Kier alpha value is -2.30. The number of benzene rings is 1. The molecule has 3 atom stereocenters. The SMILES string of the molecule is CCCCCCC[C@@H]1CCCN(c2ccnc(N3CC[C@@H]4[C@H]3CCCN4c3cccc(F)c3)c2)C1. The molecule has 0 amide bonds. The predicted octanol–water partition coefficient (Wildman–Crippen LogP) is 7.05. The van der Waals surface area contributed by atoms with Crippen LogP contribution in [-0.2, 0) is 0 Å². The minimum absolute atomic E-state index is 0.144. The average Bonchev–Trinajstić information content (AvgIpc) is 3.33. The van der Waals surface area contributed by atoms with Crippen molar-refractivity contribution in [1.82, 2.24) is 4.98 Å². The fraction of sp³-hybridized carbons (Fsp3) is 0.633. The van der Waals surface area contributed by atoms with E-state index in [0.29, 0.717) is 12.1 Å². The Kier molecular flexibility index (Phi) is 8.10. The second-order valence-electron chi connectivity index (χ2n) is 11.0. The molecule has 3 aliphatic rings. The average molecular weight is 479 g/mol. The maximum atomic E-state index is 13.9. The Morgan fingerprint density at radius 1 is 0.857 bits per heavy atom. The van der Waals surface area contributed by atoms with Crippen molar-refractivity contribution in [2.24, 2.45) is 5.92 Å². The van der Waals surface area contributed by atoms with Crippen LogP contribution in [0.3, 0.4) is 0 Å². The Labute approximate surface area is 211 Å². The predicted molar refractivity (Wildman–Crippen MR) is 145 cm³/mol. The zero-order chi connectivity index (χ0) is 24.0. The molecule has 35 heavy (non-hydrogen) atoms. The van der Waals surface area contributed by atoms with Gasteiger partial charge < -0.3 is 14.7 Å². The third kappa shape index (κ3) is 5.76. The molecule has 1 aromatic carbocycles. The van der Waals surface area contributed by atoms with Crippen LogP contribution < -0.4 is 14.7 Å². The molecule has 5 heteroatoms. The number of aromatic nitrogens is 1. The van der Waals surface area contributed by atoms with Crippen LogP contribution >= 0.6 is 0 Å². The number of unbranched alkanes of at least 4 members (excludes halogenated alkanes) is 4. The van der Waals surface area contributed by atoms with Crippen molar-refractivity contribution in [3.63, 3.8) is 0 Å². The molecule has 2 aromatic rings. The molecule has 3 fully saturated rings. The number of fused-ring (bicyclic) bond motifs is 1. The first-order valence-corrected chi connectivity index (χ1v) is 14.2. The van der Waals surface area contributed by atoms with Gasteiger partial charge in [-0.05, 0) is 68.7 Å². The van der Waals surface area contributed by atoms with Gasteiger partial charge in [-0.15, -0.1) is 0 Å². The van der Waals surface area contributed by atoms with Gasteiger partial charge in [-0.2, -0.15) is 0 Å². The molecule has 0 spiro atoms. The lowest BCUT2D eigenvalue weighted by molar-refractivity contribution is 0.375. The molecule has 0 radical (unpaired) electrons. The zero-order valence-electron chi connectivity index (χ0n) is 21.5. The van der Waals surface area contributed by atoms with Crippen LogP contribution in [-0.4, -0.2) is 43.2 Å². The smallest absolute Gasteiger partial charge is 0.130 e. The van der Waals surface area contributed by atoms with Crippen molar-refractivity contribution in [1.29, 1.82) is 0 Å². The second kappa shape index (κ2) is 11.6. The van der Waals surface area contributed by atoms with Gasteiger partial charge in [0, 0.05) is 49.8 Å². The Bertz CT molecular complexity index is 949. The van der Waals surface area contributed by atoms with Gasteiger partial charge >= 0.3 is 0 Å². The summed E-state index contributed by atoms with van der Waals surface area (Å²) in [5.74, 6) is 1.81. The maximum Gasteiger partial charge on any atom is 0.130 e. The molecule has 5 rings (SSSR count). The molecule has 1 aromatic heterocycles. The number of piperidine rings is 2. The first-order chi connectivity index (χ1) is 17.2. The molecule has 4 heterocycles. The summed E-state index contributed by atoms with van der Waals surface area (Å²) < 4.78 is 13.9. The minimum Gasteiger partial charge on any atom is -0.371 e. The van der Waals surface area contributed by atoms with Crippen molar-refractivity contribution in [2.45, 2.75) is 89.6 Å². The van der Waals surface area contributed by atoms with Crippen molar-refractivity contribution in [3.8, 4) is 0 Å². The highest BCUT2D eigenvalue weighted by atomic mass is 19.1. The van der Waals surface area contributed by atoms with Gasteiger partial charge in [-0.1, -0.05) is 45.1 Å². The third-order valence-corrected chi connectivity index (χ3v) is 8.57.